The van der Waals surface area contributed by atoms with Crippen molar-refractivity contribution in [3.05, 3.63) is 149 Å². The molecule has 0 amide bonds. The standard InChI is InChI=1S/C46H39NO2.C2H6S/c1-47-41-19-11-10-18-36(41)38-27-40-39(28-42(38)47)44-35-17-9-7-13-30(35)26-29-12-6-8-16-34(29)43(44)37-24-25-46(49-45(37)40,31-14-4-3-5-15-31)32-20-22-33(48-2)23-21-32;1-3-2/h3-5,7,9-11,13-15,17-25,27-29,34H,6,8,12,16,26H2,1-2H3;1-2H3. The zero-order valence-electron chi connectivity index (χ0n) is 30.5. The number of benzene rings is 6. The average molecular weight is 700 g/mol. The molecule has 0 radical (unpaired) electrons. The first-order chi connectivity index (χ1) is 25.6. The van der Waals surface area contributed by atoms with Gasteiger partial charge in [0.1, 0.15) is 11.5 Å². The van der Waals surface area contributed by atoms with E-state index >= 15 is 0 Å². The topological polar surface area (TPSA) is 23.4 Å². The second kappa shape index (κ2) is 13.2. The van der Waals surface area contributed by atoms with Crippen molar-refractivity contribution in [3.8, 4) is 22.6 Å². The average Bonchev–Trinajstić information content (AvgIpc) is 3.38. The lowest BCUT2D eigenvalue weighted by atomic mass is 9.71. The Morgan fingerprint density at radius 1 is 0.731 bits per heavy atom. The summed E-state index contributed by atoms with van der Waals surface area (Å²) < 4.78 is 15.6. The molecule has 0 bridgehead atoms. The number of thioether (sulfide) groups is 1. The van der Waals surface area contributed by atoms with Gasteiger partial charge in [0.25, 0.3) is 0 Å². The molecule has 0 spiro atoms. The molecule has 3 atom stereocenters. The molecule has 260 valence electrons. The molecule has 7 aromatic rings. The highest BCUT2D eigenvalue weighted by molar-refractivity contribution is 7.97. The van der Waals surface area contributed by atoms with Gasteiger partial charge in [-0.1, -0.05) is 104 Å². The number of ether oxygens (including phenoxy) is 2. The fraction of sp³-hybridized carbons (Fsp3) is 0.250. The van der Waals surface area contributed by atoms with Crippen LogP contribution in [0.4, 0.5) is 0 Å². The van der Waals surface area contributed by atoms with E-state index in [1.165, 1.54) is 86.1 Å². The second-order valence-electron chi connectivity index (χ2n) is 14.7. The van der Waals surface area contributed by atoms with E-state index in [4.69, 9.17) is 9.47 Å². The second-order valence-corrected chi connectivity index (χ2v) is 15.5. The lowest BCUT2D eigenvalue weighted by molar-refractivity contribution is 0.163. The van der Waals surface area contributed by atoms with Crippen LogP contribution in [0.1, 0.15) is 59.4 Å². The van der Waals surface area contributed by atoms with Gasteiger partial charge in [-0.05, 0) is 108 Å². The van der Waals surface area contributed by atoms with Gasteiger partial charge >= 0.3 is 0 Å². The molecule has 1 saturated carbocycles. The van der Waals surface area contributed by atoms with Crippen LogP contribution < -0.4 is 9.47 Å². The number of hydrogen-bond donors (Lipinski definition) is 0. The van der Waals surface area contributed by atoms with E-state index in [0.29, 0.717) is 11.8 Å². The van der Waals surface area contributed by atoms with Crippen molar-refractivity contribution in [2.24, 2.45) is 13.0 Å². The van der Waals surface area contributed by atoms with E-state index in [1.54, 1.807) is 18.9 Å². The molecule has 4 heteroatoms. The van der Waals surface area contributed by atoms with Crippen molar-refractivity contribution in [1.82, 2.24) is 4.57 Å². The van der Waals surface area contributed by atoms with Crippen LogP contribution in [-0.4, -0.2) is 24.2 Å². The Balaban J connectivity index is 0.00000116. The molecule has 10 rings (SSSR count). The van der Waals surface area contributed by atoms with Gasteiger partial charge in [0.2, 0.25) is 0 Å². The fourth-order valence-corrected chi connectivity index (χ4v) is 9.55. The summed E-state index contributed by atoms with van der Waals surface area (Å²) in [6.07, 6.45) is 15.0. The molecule has 6 aromatic carbocycles. The number of aryl methyl sites for hydroxylation is 1. The molecule has 2 heterocycles. The molecule has 1 aliphatic heterocycles. The molecule has 1 fully saturated rings. The van der Waals surface area contributed by atoms with Crippen molar-refractivity contribution in [2.75, 3.05) is 19.6 Å². The van der Waals surface area contributed by atoms with Crippen molar-refractivity contribution in [2.45, 2.75) is 43.6 Å². The van der Waals surface area contributed by atoms with E-state index in [0.717, 1.165) is 29.0 Å². The quantitative estimate of drug-likeness (QED) is 0.183. The lowest BCUT2D eigenvalue weighted by Gasteiger charge is -2.39. The summed E-state index contributed by atoms with van der Waals surface area (Å²) in [6, 6.07) is 42.0. The number of para-hydroxylation sites is 1. The largest absolute Gasteiger partial charge is 0.497 e. The van der Waals surface area contributed by atoms with Crippen molar-refractivity contribution < 1.29 is 9.47 Å². The maximum absolute atomic E-state index is 7.69. The number of methoxy groups -OCH3 is 1. The third-order valence-corrected chi connectivity index (χ3v) is 11.9. The number of hydrogen-bond acceptors (Lipinski definition) is 3. The molecule has 1 aromatic heterocycles. The van der Waals surface area contributed by atoms with Crippen LogP contribution >= 0.6 is 11.8 Å². The van der Waals surface area contributed by atoms with Crippen LogP contribution in [0.2, 0.25) is 0 Å². The van der Waals surface area contributed by atoms with Gasteiger partial charge in [-0.25, -0.2) is 0 Å². The molecule has 0 saturated heterocycles. The van der Waals surface area contributed by atoms with E-state index < -0.39 is 5.60 Å². The zero-order chi connectivity index (χ0) is 35.4. The van der Waals surface area contributed by atoms with E-state index in [9.17, 15) is 0 Å². The minimum atomic E-state index is -0.802. The van der Waals surface area contributed by atoms with Crippen molar-refractivity contribution >= 4 is 50.4 Å². The van der Waals surface area contributed by atoms with E-state index in [1.807, 2.05) is 24.6 Å². The summed E-state index contributed by atoms with van der Waals surface area (Å²) in [5.41, 5.74) is 10.9. The van der Waals surface area contributed by atoms with Gasteiger partial charge in [0.05, 0.1) is 7.11 Å². The van der Waals surface area contributed by atoms with Gasteiger partial charge < -0.3 is 14.0 Å². The maximum Gasteiger partial charge on any atom is 0.178 e. The summed E-state index contributed by atoms with van der Waals surface area (Å²) in [5.74, 6) is 2.93. The van der Waals surface area contributed by atoms with Crippen LogP contribution in [0.25, 0.3) is 49.8 Å². The summed E-state index contributed by atoms with van der Waals surface area (Å²) in [6.45, 7) is 0. The Bertz CT molecular complexity index is 2480. The summed E-state index contributed by atoms with van der Waals surface area (Å²) in [5, 5.41) is 5.00. The van der Waals surface area contributed by atoms with E-state index in [-0.39, 0.29) is 0 Å². The highest BCUT2D eigenvalue weighted by Crippen LogP contribution is 2.57. The molecule has 3 nitrogen and oxygen atoms in total. The third kappa shape index (κ3) is 5.10. The molecule has 52 heavy (non-hydrogen) atoms. The summed E-state index contributed by atoms with van der Waals surface area (Å²) in [7, 11) is 3.93. The molecule has 3 aliphatic rings. The number of aromatic nitrogens is 1. The minimum Gasteiger partial charge on any atom is -0.497 e. The van der Waals surface area contributed by atoms with Gasteiger partial charge in [-0.2, -0.15) is 11.8 Å². The first kappa shape index (κ1) is 32.9. The number of nitrogens with zero attached hydrogens (tertiary/aromatic N) is 1. The van der Waals surface area contributed by atoms with Gasteiger partial charge in [-0.3, -0.25) is 0 Å². The fourth-order valence-electron chi connectivity index (χ4n) is 9.55. The Morgan fingerprint density at radius 2 is 1.44 bits per heavy atom. The third-order valence-electron chi connectivity index (χ3n) is 11.9. The van der Waals surface area contributed by atoms with Crippen LogP contribution in [-0.2, 0) is 19.1 Å². The highest BCUT2D eigenvalue weighted by atomic mass is 32.2. The number of fused-ring (bicyclic) bond motifs is 13. The van der Waals surface area contributed by atoms with Gasteiger partial charge in [0, 0.05) is 50.9 Å². The maximum atomic E-state index is 7.69. The van der Waals surface area contributed by atoms with Crippen LogP contribution in [0, 0.1) is 5.92 Å². The molecular formula is C48H45NO2S. The Hall–Kier alpha value is -4.93. The monoisotopic (exact) mass is 699 g/mol. The lowest BCUT2D eigenvalue weighted by Crippen LogP contribution is -2.35. The van der Waals surface area contributed by atoms with Crippen LogP contribution in [0.15, 0.2) is 121 Å². The molecule has 2 aliphatic carbocycles. The normalized spacial score (nSPS) is 20.2. The van der Waals surface area contributed by atoms with Crippen molar-refractivity contribution in [1.29, 1.82) is 0 Å². The van der Waals surface area contributed by atoms with Crippen LogP contribution in [0.5, 0.6) is 11.5 Å². The van der Waals surface area contributed by atoms with Crippen LogP contribution in [0.3, 0.4) is 0 Å². The highest BCUT2D eigenvalue weighted by Gasteiger charge is 2.42. The van der Waals surface area contributed by atoms with Gasteiger partial charge in [-0.15, -0.1) is 0 Å². The minimum absolute atomic E-state index is 0.482. The Morgan fingerprint density at radius 3 is 2.25 bits per heavy atom. The summed E-state index contributed by atoms with van der Waals surface area (Å²) >= 11 is 1.75. The predicted octanol–water partition coefficient (Wildman–Crippen LogP) is 12.3. The smallest absolute Gasteiger partial charge is 0.178 e. The van der Waals surface area contributed by atoms with Gasteiger partial charge in [0.15, 0.2) is 5.60 Å². The number of rotatable bonds is 3. The first-order valence-corrected chi connectivity index (χ1v) is 20.3. The molecule has 3 unspecified atom stereocenters. The predicted molar refractivity (Wildman–Crippen MR) is 221 cm³/mol. The van der Waals surface area contributed by atoms with E-state index in [2.05, 4.69) is 127 Å². The SMILES string of the molecule is COc1ccc(C2(c3ccccc3)C=Cc3c4c(c5cc6c(cc5c3O2)c2ccccc2n6C)-c2ccccc2CC2CCCCC42)cc1.CSC. The zero-order valence-corrected chi connectivity index (χ0v) is 31.3. The molecular weight excluding hydrogens is 655 g/mol. The Kier molecular flexibility index (Phi) is 8.39. The summed E-state index contributed by atoms with van der Waals surface area (Å²) in [4.78, 5) is 0. The Labute approximate surface area is 311 Å². The first-order valence-electron chi connectivity index (χ1n) is 18.6. The molecule has 0 N–H and O–H groups in total. The van der Waals surface area contributed by atoms with Crippen molar-refractivity contribution in [3.63, 3.8) is 0 Å².